The van der Waals surface area contributed by atoms with Crippen molar-refractivity contribution in [1.82, 2.24) is 0 Å². The number of carbonyl (C=O) groups is 1. The number of amides is 1. The molecular formula is C11H11N3O6. The van der Waals surface area contributed by atoms with Crippen LogP contribution >= 0.6 is 0 Å². The molecule has 20 heavy (non-hydrogen) atoms. The lowest BCUT2D eigenvalue weighted by molar-refractivity contribution is -0.422. The molecule has 0 unspecified atom stereocenters. The molecule has 1 aliphatic rings. The van der Waals surface area contributed by atoms with Crippen molar-refractivity contribution in [3.8, 4) is 5.75 Å². The summed E-state index contributed by atoms with van der Waals surface area (Å²) in [5.74, 6) is -0.624. The molecule has 9 heteroatoms. The number of hydrogen-bond donors (Lipinski definition) is 1. The molecule has 106 valence electrons. The highest BCUT2D eigenvalue weighted by Gasteiger charge is 2.37. The molecule has 1 heterocycles. The van der Waals surface area contributed by atoms with Gasteiger partial charge in [0, 0.05) is 12.5 Å². The predicted molar refractivity (Wildman–Crippen MR) is 67.9 cm³/mol. The molecule has 0 aliphatic carbocycles. The van der Waals surface area contributed by atoms with Crippen LogP contribution in [0.25, 0.3) is 0 Å². The van der Waals surface area contributed by atoms with Gasteiger partial charge in [0.25, 0.3) is 0 Å². The summed E-state index contributed by atoms with van der Waals surface area (Å²) in [4.78, 5) is 31.6. The molecule has 0 saturated carbocycles. The van der Waals surface area contributed by atoms with E-state index in [0.29, 0.717) is 18.4 Å². The largest absolute Gasteiger partial charge is 0.486 e. The van der Waals surface area contributed by atoms with Gasteiger partial charge in [0.05, 0.1) is 16.5 Å². The van der Waals surface area contributed by atoms with E-state index in [1.807, 2.05) is 0 Å². The minimum Gasteiger partial charge on any atom is -0.486 e. The molecule has 1 aromatic carbocycles. The smallest absolute Gasteiger partial charge is 0.389 e. The van der Waals surface area contributed by atoms with Crippen LogP contribution in [0.1, 0.15) is 18.9 Å². The number of benzene rings is 1. The van der Waals surface area contributed by atoms with Crippen LogP contribution in [0.2, 0.25) is 0 Å². The van der Waals surface area contributed by atoms with Gasteiger partial charge in [-0.1, -0.05) is 0 Å². The van der Waals surface area contributed by atoms with Crippen LogP contribution in [0.15, 0.2) is 6.07 Å². The maximum absolute atomic E-state index is 11.1. The van der Waals surface area contributed by atoms with Crippen molar-refractivity contribution in [2.75, 3.05) is 11.9 Å². The Hall–Kier alpha value is -2.71. The highest BCUT2D eigenvalue weighted by Crippen LogP contribution is 2.46. The molecule has 1 aliphatic heterocycles. The third kappa shape index (κ3) is 2.37. The summed E-state index contributed by atoms with van der Waals surface area (Å²) < 4.78 is 5.21. The molecule has 9 nitrogen and oxygen atoms in total. The van der Waals surface area contributed by atoms with Crippen LogP contribution in [-0.4, -0.2) is 22.4 Å². The quantitative estimate of drug-likeness (QED) is 0.665. The van der Waals surface area contributed by atoms with Gasteiger partial charge in [-0.15, -0.1) is 0 Å². The van der Waals surface area contributed by atoms with Gasteiger partial charge in [-0.05, 0) is 18.9 Å². The maximum atomic E-state index is 11.1. The minimum atomic E-state index is -0.887. The third-order valence-electron chi connectivity index (χ3n) is 2.82. The Morgan fingerprint density at radius 1 is 1.30 bits per heavy atom. The number of nitro benzene ring substituents is 2. The Morgan fingerprint density at radius 3 is 2.50 bits per heavy atom. The molecule has 1 aromatic rings. The van der Waals surface area contributed by atoms with Gasteiger partial charge >= 0.3 is 11.4 Å². The first-order chi connectivity index (χ1) is 9.41. The number of ether oxygens (including phenoxy) is 1. The van der Waals surface area contributed by atoms with Gasteiger partial charge in [-0.2, -0.15) is 0 Å². The van der Waals surface area contributed by atoms with Crippen LogP contribution in [0.4, 0.5) is 17.1 Å². The molecule has 0 aromatic heterocycles. The van der Waals surface area contributed by atoms with Crippen molar-refractivity contribution < 1.29 is 19.4 Å². The molecular weight excluding hydrogens is 270 g/mol. The van der Waals surface area contributed by atoms with E-state index >= 15 is 0 Å². The van der Waals surface area contributed by atoms with Gasteiger partial charge in [0.15, 0.2) is 0 Å². The Bertz CT molecular complexity index is 613. The van der Waals surface area contributed by atoms with Crippen LogP contribution < -0.4 is 10.1 Å². The Kier molecular flexibility index (Phi) is 3.51. The summed E-state index contributed by atoms with van der Waals surface area (Å²) in [5, 5.41) is 24.5. The van der Waals surface area contributed by atoms with Gasteiger partial charge in [-0.25, -0.2) is 0 Å². The second-order valence-electron chi connectivity index (χ2n) is 4.26. The van der Waals surface area contributed by atoms with E-state index in [9.17, 15) is 25.0 Å². The molecule has 0 radical (unpaired) electrons. The second-order valence-corrected chi connectivity index (χ2v) is 4.26. The number of hydrogen-bond acceptors (Lipinski definition) is 6. The number of nitrogens with zero attached hydrogens (tertiary/aromatic N) is 2. The average Bonchev–Trinajstić information content (AvgIpc) is 2.35. The summed E-state index contributed by atoms with van der Waals surface area (Å²) >= 11 is 0. The molecule has 0 spiro atoms. The van der Waals surface area contributed by atoms with Crippen molar-refractivity contribution in [3.05, 3.63) is 31.9 Å². The zero-order valence-corrected chi connectivity index (χ0v) is 10.5. The summed E-state index contributed by atoms with van der Waals surface area (Å²) in [6.07, 6.45) is 1.15. The molecule has 0 atom stereocenters. The fourth-order valence-electron chi connectivity index (χ4n) is 2.12. The van der Waals surface area contributed by atoms with Gasteiger partial charge < -0.3 is 10.1 Å². The number of anilines is 1. The summed E-state index contributed by atoms with van der Waals surface area (Å²) in [6.45, 7) is 1.44. The summed E-state index contributed by atoms with van der Waals surface area (Å²) in [7, 11) is 0. The first kappa shape index (κ1) is 13.7. The fraction of sp³-hybridized carbons (Fsp3) is 0.364. The van der Waals surface area contributed by atoms with Crippen molar-refractivity contribution in [2.45, 2.75) is 19.8 Å². The zero-order valence-electron chi connectivity index (χ0n) is 10.5. The fourth-order valence-corrected chi connectivity index (χ4v) is 2.12. The lowest BCUT2D eigenvalue weighted by Crippen LogP contribution is -2.15. The Labute approximate surface area is 112 Å². The van der Waals surface area contributed by atoms with Crippen molar-refractivity contribution in [1.29, 1.82) is 0 Å². The van der Waals surface area contributed by atoms with Crippen molar-refractivity contribution >= 4 is 23.0 Å². The normalized spacial score (nSPS) is 13.1. The highest BCUT2D eigenvalue weighted by atomic mass is 16.6. The van der Waals surface area contributed by atoms with Crippen LogP contribution in [0.5, 0.6) is 5.75 Å². The molecule has 2 rings (SSSR count). The Balaban J connectivity index is 2.74. The van der Waals surface area contributed by atoms with Gasteiger partial charge in [0.1, 0.15) is 5.69 Å². The second kappa shape index (κ2) is 5.11. The number of carbonyl (C=O) groups excluding carboxylic acids is 1. The molecule has 0 saturated heterocycles. The van der Waals surface area contributed by atoms with E-state index in [1.54, 1.807) is 0 Å². The third-order valence-corrected chi connectivity index (χ3v) is 2.82. The SMILES string of the molecule is CC(=O)Nc1cc2c(c([N+](=O)[O-])c1[N+](=O)[O-])OCCC2. The van der Waals surface area contributed by atoms with E-state index in [2.05, 4.69) is 5.32 Å². The Morgan fingerprint density at radius 2 is 1.95 bits per heavy atom. The lowest BCUT2D eigenvalue weighted by Gasteiger charge is -2.18. The number of rotatable bonds is 3. The van der Waals surface area contributed by atoms with E-state index in [4.69, 9.17) is 4.74 Å². The number of nitrogens with one attached hydrogen (secondary N) is 1. The van der Waals surface area contributed by atoms with E-state index in [1.165, 1.54) is 13.0 Å². The van der Waals surface area contributed by atoms with Gasteiger partial charge in [-0.3, -0.25) is 25.0 Å². The van der Waals surface area contributed by atoms with Crippen LogP contribution in [0, 0.1) is 20.2 Å². The van der Waals surface area contributed by atoms with Crippen LogP contribution in [0.3, 0.4) is 0 Å². The molecule has 0 fully saturated rings. The number of fused-ring (bicyclic) bond motifs is 1. The number of nitro groups is 2. The summed E-state index contributed by atoms with van der Waals surface area (Å²) in [5.41, 5.74) is -1.17. The maximum Gasteiger partial charge on any atom is 0.389 e. The van der Waals surface area contributed by atoms with Crippen molar-refractivity contribution in [2.24, 2.45) is 0 Å². The lowest BCUT2D eigenvalue weighted by atomic mass is 10.0. The topological polar surface area (TPSA) is 125 Å². The molecule has 1 amide bonds. The van der Waals surface area contributed by atoms with Gasteiger partial charge in [0.2, 0.25) is 11.7 Å². The van der Waals surface area contributed by atoms with Crippen LogP contribution in [-0.2, 0) is 11.2 Å². The summed E-state index contributed by atoms with van der Waals surface area (Å²) in [6, 6.07) is 1.36. The van der Waals surface area contributed by atoms with E-state index in [-0.39, 0.29) is 18.0 Å². The highest BCUT2D eigenvalue weighted by molar-refractivity contribution is 5.94. The molecule has 0 bridgehead atoms. The molecule has 1 N–H and O–H groups in total. The monoisotopic (exact) mass is 281 g/mol. The zero-order chi connectivity index (χ0) is 14.9. The van der Waals surface area contributed by atoms with Crippen molar-refractivity contribution in [3.63, 3.8) is 0 Å². The number of aryl methyl sites for hydroxylation is 1. The average molecular weight is 281 g/mol. The minimum absolute atomic E-state index is 0.0814. The standard InChI is InChI=1S/C11H11N3O6/c1-6(15)12-8-5-7-3-2-4-20-11(7)10(14(18)19)9(8)13(16)17/h5H,2-4H2,1H3,(H,12,15). The first-order valence-corrected chi connectivity index (χ1v) is 5.81. The predicted octanol–water partition coefficient (Wildman–Crippen LogP) is 1.79. The van der Waals surface area contributed by atoms with E-state index < -0.39 is 27.1 Å². The first-order valence-electron chi connectivity index (χ1n) is 5.81. The van der Waals surface area contributed by atoms with E-state index in [0.717, 1.165) is 0 Å².